The molecule has 2 aliphatic rings. The highest BCUT2D eigenvalue weighted by molar-refractivity contribution is 7.88. The molecule has 2 rings (SSSR count). The lowest BCUT2D eigenvalue weighted by Gasteiger charge is -2.43. The minimum absolute atomic E-state index is 0.0141. The quantitative estimate of drug-likeness (QED) is 0.782. The fourth-order valence-electron chi connectivity index (χ4n) is 3.31. The second kappa shape index (κ2) is 6.62. The summed E-state index contributed by atoms with van der Waals surface area (Å²) in [5.74, 6) is 0.176. The zero-order valence-corrected chi connectivity index (χ0v) is 13.8. The van der Waals surface area contributed by atoms with Crippen LogP contribution in [0.4, 0.5) is 0 Å². The molecule has 7 heteroatoms. The van der Waals surface area contributed by atoms with E-state index in [9.17, 15) is 13.2 Å². The van der Waals surface area contributed by atoms with Crippen LogP contribution in [0.1, 0.15) is 39.0 Å². The number of hydrogen-bond acceptors (Lipinski definition) is 4. The van der Waals surface area contributed by atoms with Crippen LogP contribution >= 0.6 is 0 Å². The average Bonchev–Trinajstić information content (AvgIpc) is 2.45. The van der Waals surface area contributed by atoms with E-state index < -0.39 is 10.0 Å². The van der Waals surface area contributed by atoms with E-state index in [2.05, 4.69) is 10.0 Å². The van der Waals surface area contributed by atoms with Gasteiger partial charge in [0.15, 0.2) is 0 Å². The number of nitrogens with zero attached hydrogens (tertiary/aromatic N) is 1. The smallest absolute Gasteiger partial charge is 0.230 e. The molecule has 2 unspecified atom stereocenters. The molecule has 2 saturated heterocycles. The van der Waals surface area contributed by atoms with Gasteiger partial charge in [0.05, 0.1) is 11.7 Å². The van der Waals surface area contributed by atoms with E-state index >= 15 is 0 Å². The molecule has 122 valence electrons. The summed E-state index contributed by atoms with van der Waals surface area (Å²) < 4.78 is 25.1. The Bertz CT molecular complexity index is 472. The van der Waals surface area contributed by atoms with Crippen molar-refractivity contribution >= 4 is 15.9 Å². The topological polar surface area (TPSA) is 78.5 Å². The molecule has 0 bridgehead atoms. The minimum Gasteiger partial charge on any atom is -0.338 e. The number of carbonyl (C=O) groups excluding carboxylic acids is 1. The Kier molecular flexibility index (Phi) is 5.27. The second-order valence-electron chi connectivity index (χ2n) is 6.61. The molecule has 0 aromatic carbocycles. The van der Waals surface area contributed by atoms with E-state index in [4.69, 9.17) is 0 Å². The van der Waals surface area contributed by atoms with Crippen LogP contribution in [0.3, 0.4) is 0 Å². The molecule has 0 aromatic rings. The molecular weight excluding hydrogens is 290 g/mol. The van der Waals surface area contributed by atoms with Gasteiger partial charge < -0.3 is 10.2 Å². The summed E-state index contributed by atoms with van der Waals surface area (Å²) in [6.07, 6.45) is 6.01. The molecule has 21 heavy (non-hydrogen) atoms. The van der Waals surface area contributed by atoms with E-state index in [1.54, 1.807) is 0 Å². The van der Waals surface area contributed by atoms with Gasteiger partial charge in [-0.1, -0.05) is 0 Å². The van der Waals surface area contributed by atoms with E-state index in [-0.39, 0.29) is 17.4 Å². The molecule has 2 heterocycles. The highest BCUT2D eigenvalue weighted by Gasteiger charge is 2.40. The van der Waals surface area contributed by atoms with Crippen LogP contribution in [0.5, 0.6) is 0 Å². The maximum absolute atomic E-state index is 12.9. The first-order valence-corrected chi connectivity index (χ1v) is 9.67. The van der Waals surface area contributed by atoms with Crippen LogP contribution in [0.25, 0.3) is 0 Å². The van der Waals surface area contributed by atoms with Crippen molar-refractivity contribution in [1.29, 1.82) is 0 Å². The Morgan fingerprint density at radius 1 is 1.38 bits per heavy atom. The zero-order chi connectivity index (χ0) is 15.5. The van der Waals surface area contributed by atoms with Crippen molar-refractivity contribution in [2.24, 2.45) is 5.41 Å². The average molecular weight is 317 g/mol. The van der Waals surface area contributed by atoms with Crippen molar-refractivity contribution in [1.82, 2.24) is 14.9 Å². The first-order chi connectivity index (χ1) is 9.82. The van der Waals surface area contributed by atoms with Gasteiger partial charge in [-0.05, 0) is 45.6 Å². The van der Waals surface area contributed by atoms with Gasteiger partial charge >= 0.3 is 0 Å². The van der Waals surface area contributed by atoms with Gasteiger partial charge in [0.1, 0.15) is 0 Å². The molecule has 2 aliphatic heterocycles. The van der Waals surface area contributed by atoms with Gasteiger partial charge in [-0.3, -0.25) is 4.79 Å². The Labute approximate surface area is 127 Å². The highest BCUT2D eigenvalue weighted by atomic mass is 32.2. The van der Waals surface area contributed by atoms with E-state index in [0.29, 0.717) is 13.1 Å². The predicted molar refractivity (Wildman–Crippen MR) is 82.4 cm³/mol. The van der Waals surface area contributed by atoms with Gasteiger partial charge in [-0.2, -0.15) is 0 Å². The number of amides is 1. The molecule has 0 aliphatic carbocycles. The molecule has 0 aromatic heterocycles. The predicted octanol–water partition coefficient (Wildman–Crippen LogP) is 0.306. The van der Waals surface area contributed by atoms with Crippen LogP contribution in [0.2, 0.25) is 0 Å². The minimum atomic E-state index is -3.21. The maximum Gasteiger partial charge on any atom is 0.230 e. The standard InChI is InChI=1S/C14H27N3O3S/c1-14(7-5-8-15-11-14)13(18)17-9-4-3-6-12(17)10-16-21(2,19)20/h12,15-16H,3-11H2,1-2H3. The van der Waals surface area contributed by atoms with Crippen molar-refractivity contribution in [3.63, 3.8) is 0 Å². The molecule has 0 radical (unpaired) electrons. The molecule has 1 amide bonds. The summed E-state index contributed by atoms with van der Waals surface area (Å²) >= 11 is 0. The fourth-order valence-corrected chi connectivity index (χ4v) is 3.81. The zero-order valence-electron chi connectivity index (χ0n) is 13.0. The van der Waals surface area contributed by atoms with Gasteiger partial charge in [0.25, 0.3) is 0 Å². The van der Waals surface area contributed by atoms with Gasteiger partial charge in [-0.15, -0.1) is 0 Å². The molecule has 2 fully saturated rings. The number of hydrogen-bond donors (Lipinski definition) is 2. The normalized spacial score (nSPS) is 31.1. The van der Waals surface area contributed by atoms with Crippen LogP contribution in [-0.2, 0) is 14.8 Å². The maximum atomic E-state index is 12.9. The highest BCUT2D eigenvalue weighted by Crippen LogP contribution is 2.31. The summed E-state index contributed by atoms with van der Waals surface area (Å²) in [7, 11) is -3.21. The van der Waals surface area contributed by atoms with Crippen molar-refractivity contribution in [2.75, 3.05) is 32.4 Å². The van der Waals surface area contributed by atoms with Crippen LogP contribution < -0.4 is 10.0 Å². The van der Waals surface area contributed by atoms with E-state index in [1.165, 1.54) is 0 Å². The number of nitrogens with one attached hydrogen (secondary N) is 2. The Balaban J connectivity index is 2.05. The van der Waals surface area contributed by atoms with Crippen molar-refractivity contribution in [3.05, 3.63) is 0 Å². The van der Waals surface area contributed by atoms with Gasteiger partial charge in [0, 0.05) is 25.7 Å². The van der Waals surface area contributed by atoms with Crippen LogP contribution in [-0.4, -0.2) is 57.7 Å². The molecule has 0 spiro atoms. The van der Waals surface area contributed by atoms with Crippen LogP contribution in [0.15, 0.2) is 0 Å². The molecular formula is C14H27N3O3S. The lowest BCUT2D eigenvalue weighted by Crippen LogP contribution is -2.56. The number of carbonyl (C=O) groups is 1. The van der Waals surface area contributed by atoms with E-state index in [1.807, 2.05) is 11.8 Å². The summed E-state index contributed by atoms with van der Waals surface area (Å²) in [5.41, 5.74) is -0.348. The Hall–Kier alpha value is -0.660. The second-order valence-corrected chi connectivity index (χ2v) is 8.44. The summed E-state index contributed by atoms with van der Waals surface area (Å²) in [5, 5.41) is 3.31. The lowest BCUT2D eigenvalue weighted by molar-refractivity contribution is -0.146. The lowest BCUT2D eigenvalue weighted by atomic mass is 9.80. The van der Waals surface area contributed by atoms with Gasteiger partial charge in [0.2, 0.25) is 15.9 Å². The van der Waals surface area contributed by atoms with E-state index in [0.717, 1.165) is 51.4 Å². The first kappa shape index (κ1) is 16.7. The molecule has 0 saturated carbocycles. The first-order valence-electron chi connectivity index (χ1n) is 7.78. The Morgan fingerprint density at radius 2 is 2.14 bits per heavy atom. The van der Waals surface area contributed by atoms with Crippen molar-refractivity contribution < 1.29 is 13.2 Å². The monoisotopic (exact) mass is 317 g/mol. The summed E-state index contributed by atoms with van der Waals surface area (Å²) in [6.45, 7) is 4.78. The summed E-state index contributed by atoms with van der Waals surface area (Å²) in [4.78, 5) is 14.8. The number of rotatable bonds is 4. The number of likely N-dealkylation sites (tertiary alicyclic amines) is 1. The third kappa shape index (κ3) is 4.40. The van der Waals surface area contributed by atoms with Crippen molar-refractivity contribution in [2.45, 2.75) is 45.1 Å². The third-order valence-corrected chi connectivity index (χ3v) is 5.27. The third-order valence-electron chi connectivity index (χ3n) is 4.58. The fraction of sp³-hybridized carbons (Fsp3) is 0.929. The molecule has 2 atom stereocenters. The summed E-state index contributed by atoms with van der Waals surface area (Å²) in [6, 6.07) is -0.0141. The van der Waals surface area contributed by atoms with Crippen LogP contribution in [0, 0.1) is 5.41 Å². The molecule has 6 nitrogen and oxygen atoms in total. The number of sulfonamides is 1. The van der Waals surface area contributed by atoms with Gasteiger partial charge in [-0.25, -0.2) is 13.1 Å². The van der Waals surface area contributed by atoms with Crippen molar-refractivity contribution in [3.8, 4) is 0 Å². The SMILES string of the molecule is CC1(C(=O)N2CCCCC2CNS(C)(=O)=O)CCCNC1. The largest absolute Gasteiger partial charge is 0.338 e. The molecule has 2 N–H and O–H groups in total. The Morgan fingerprint density at radius 3 is 2.76 bits per heavy atom. The number of piperidine rings is 2.